The number of rotatable bonds is 4. The zero-order valence-corrected chi connectivity index (χ0v) is 17.3. The number of methoxy groups -OCH3 is 1. The zero-order valence-electron chi connectivity index (χ0n) is 16.3. The minimum atomic E-state index is -1.93. The van der Waals surface area contributed by atoms with E-state index in [1.807, 2.05) is 0 Å². The first-order valence-corrected chi connectivity index (χ1v) is 12.0. The maximum Gasteiger partial charge on any atom is 0.343 e. The summed E-state index contributed by atoms with van der Waals surface area (Å²) in [5, 5.41) is 0.119. The van der Waals surface area contributed by atoms with Crippen LogP contribution < -0.4 is 5.56 Å². The minimum Gasteiger partial charge on any atom is -0.465 e. The highest BCUT2D eigenvalue weighted by molar-refractivity contribution is 6.74. The Kier molecular flexibility index (Phi) is 5.94. The Morgan fingerprint density at radius 1 is 1.24 bits per heavy atom. The van der Waals surface area contributed by atoms with Crippen molar-refractivity contribution in [2.24, 2.45) is 0 Å². The van der Waals surface area contributed by atoms with Crippen LogP contribution in [0.1, 0.15) is 62.9 Å². The summed E-state index contributed by atoms with van der Waals surface area (Å²) in [5.41, 5.74) is -0.202. The molecule has 1 aliphatic carbocycles. The highest BCUT2D eigenvalue weighted by Gasteiger charge is 2.41. The van der Waals surface area contributed by atoms with Gasteiger partial charge in [-0.15, -0.1) is 0 Å². The number of ether oxygens (including phenoxy) is 1. The Morgan fingerprint density at radius 2 is 1.88 bits per heavy atom. The van der Waals surface area contributed by atoms with Crippen LogP contribution in [0.2, 0.25) is 18.1 Å². The van der Waals surface area contributed by atoms with Gasteiger partial charge >= 0.3 is 5.97 Å². The second kappa shape index (κ2) is 7.46. The summed E-state index contributed by atoms with van der Waals surface area (Å²) >= 11 is 0. The first-order chi connectivity index (χ1) is 11.6. The fourth-order valence-corrected chi connectivity index (χ4v) is 4.51. The first kappa shape index (κ1) is 19.9. The van der Waals surface area contributed by atoms with Gasteiger partial charge in [-0.25, -0.2) is 4.79 Å². The Labute approximate surface area is 151 Å². The van der Waals surface area contributed by atoms with Gasteiger partial charge in [-0.1, -0.05) is 33.6 Å². The topological polar surface area (TPSA) is 57.5 Å². The standard InChI is InChI=1S/C19H31NO4Si/c1-19(2,3)25(5,6)24-16-12-8-7-11-15(16)20-13-9-10-14(17(20)21)18(22)23-4/h9-10,13,15-16H,7-8,11-12H2,1-6H3/t15-,16?/m0/s1. The number of carbonyl (C=O) groups excluding carboxylic acids is 1. The summed E-state index contributed by atoms with van der Waals surface area (Å²) in [5.74, 6) is -0.586. The number of pyridine rings is 1. The van der Waals surface area contributed by atoms with Gasteiger partial charge in [0.15, 0.2) is 8.32 Å². The number of nitrogens with zero attached hydrogens (tertiary/aromatic N) is 1. The molecule has 0 saturated heterocycles. The van der Waals surface area contributed by atoms with Crippen molar-refractivity contribution in [1.82, 2.24) is 4.57 Å². The molecule has 1 aromatic rings. The molecule has 0 spiro atoms. The SMILES string of the molecule is COC(=O)c1cccn([C@H]2CCCCC2O[Si](C)(C)C(C)(C)C)c1=O. The minimum absolute atomic E-state index is 0.0141. The maximum atomic E-state index is 12.8. The molecule has 0 amide bonds. The van der Waals surface area contributed by atoms with Crippen LogP contribution >= 0.6 is 0 Å². The van der Waals surface area contributed by atoms with E-state index in [-0.39, 0.29) is 28.3 Å². The molecular weight excluding hydrogens is 334 g/mol. The average molecular weight is 366 g/mol. The van der Waals surface area contributed by atoms with Crippen molar-refractivity contribution in [2.45, 2.75) is 76.7 Å². The molecule has 1 fully saturated rings. The second-order valence-corrected chi connectivity index (χ2v) is 13.2. The molecule has 0 bridgehead atoms. The van der Waals surface area contributed by atoms with Crippen LogP contribution in [0.15, 0.2) is 23.1 Å². The normalized spacial score (nSPS) is 21.8. The number of aromatic nitrogens is 1. The summed E-state index contributed by atoms with van der Waals surface area (Å²) in [7, 11) is -0.639. The van der Waals surface area contributed by atoms with Crippen molar-refractivity contribution in [3.63, 3.8) is 0 Å². The van der Waals surface area contributed by atoms with E-state index in [1.165, 1.54) is 13.2 Å². The molecule has 1 aliphatic rings. The maximum absolute atomic E-state index is 12.8. The van der Waals surface area contributed by atoms with Crippen LogP contribution in [0.4, 0.5) is 0 Å². The van der Waals surface area contributed by atoms with E-state index in [0.717, 1.165) is 25.7 Å². The van der Waals surface area contributed by atoms with Gasteiger partial charge in [0, 0.05) is 6.20 Å². The van der Waals surface area contributed by atoms with Gasteiger partial charge in [0.05, 0.1) is 19.3 Å². The van der Waals surface area contributed by atoms with Crippen LogP contribution in [0.5, 0.6) is 0 Å². The van der Waals surface area contributed by atoms with E-state index < -0.39 is 14.3 Å². The van der Waals surface area contributed by atoms with Crippen molar-refractivity contribution in [2.75, 3.05) is 7.11 Å². The third-order valence-corrected chi connectivity index (χ3v) is 10.2. The van der Waals surface area contributed by atoms with E-state index in [4.69, 9.17) is 9.16 Å². The van der Waals surface area contributed by atoms with E-state index in [9.17, 15) is 9.59 Å². The number of carbonyl (C=O) groups is 1. The third kappa shape index (κ3) is 4.23. The van der Waals surface area contributed by atoms with E-state index >= 15 is 0 Å². The molecule has 1 heterocycles. The van der Waals surface area contributed by atoms with Crippen molar-refractivity contribution in [3.8, 4) is 0 Å². The fourth-order valence-electron chi connectivity index (χ4n) is 3.12. The van der Waals surface area contributed by atoms with E-state index in [2.05, 4.69) is 33.9 Å². The zero-order chi connectivity index (χ0) is 18.8. The molecule has 1 aromatic heterocycles. The molecule has 25 heavy (non-hydrogen) atoms. The van der Waals surface area contributed by atoms with Crippen LogP contribution in [0.25, 0.3) is 0 Å². The molecule has 1 saturated carbocycles. The molecule has 2 atom stereocenters. The number of hydrogen-bond donors (Lipinski definition) is 0. The number of esters is 1. The van der Waals surface area contributed by atoms with Gasteiger partial charge < -0.3 is 13.7 Å². The van der Waals surface area contributed by atoms with Crippen LogP contribution in [-0.2, 0) is 9.16 Å². The van der Waals surface area contributed by atoms with Gasteiger partial charge in [-0.05, 0) is 43.1 Å². The second-order valence-electron chi connectivity index (χ2n) is 8.39. The van der Waals surface area contributed by atoms with Gasteiger partial charge in [0.25, 0.3) is 5.56 Å². The lowest BCUT2D eigenvalue weighted by molar-refractivity contribution is 0.0591. The van der Waals surface area contributed by atoms with Crippen LogP contribution in [0, 0.1) is 0 Å². The molecule has 0 radical (unpaired) electrons. The van der Waals surface area contributed by atoms with Crippen molar-refractivity contribution >= 4 is 14.3 Å². The molecular formula is C19H31NO4Si. The molecule has 140 valence electrons. The Bertz CT molecular complexity index is 675. The fraction of sp³-hybridized carbons (Fsp3) is 0.684. The third-order valence-electron chi connectivity index (χ3n) is 5.66. The predicted molar refractivity (Wildman–Crippen MR) is 102 cm³/mol. The Morgan fingerprint density at radius 3 is 2.48 bits per heavy atom. The van der Waals surface area contributed by atoms with Gasteiger partial charge in [0.2, 0.25) is 0 Å². The monoisotopic (exact) mass is 365 g/mol. The molecule has 2 rings (SSSR count). The molecule has 6 heteroatoms. The van der Waals surface area contributed by atoms with Gasteiger partial charge in [0.1, 0.15) is 5.56 Å². The molecule has 0 aliphatic heterocycles. The summed E-state index contributed by atoms with van der Waals surface area (Å²) in [6.07, 6.45) is 5.81. The largest absolute Gasteiger partial charge is 0.465 e. The molecule has 0 aromatic carbocycles. The lowest BCUT2D eigenvalue weighted by atomic mass is 9.92. The lowest BCUT2D eigenvalue weighted by Gasteiger charge is -2.43. The van der Waals surface area contributed by atoms with Crippen molar-refractivity contribution in [3.05, 3.63) is 34.2 Å². The Hall–Kier alpha value is -1.40. The first-order valence-electron chi connectivity index (χ1n) is 9.06. The molecule has 0 N–H and O–H groups in total. The molecule has 1 unspecified atom stereocenters. The summed E-state index contributed by atoms with van der Waals surface area (Å²) in [6, 6.07) is 3.24. The van der Waals surface area contributed by atoms with Crippen LogP contribution in [0.3, 0.4) is 0 Å². The predicted octanol–water partition coefficient (Wildman–Crippen LogP) is 4.14. The van der Waals surface area contributed by atoms with Gasteiger partial charge in [-0.2, -0.15) is 0 Å². The molecule has 5 nitrogen and oxygen atoms in total. The van der Waals surface area contributed by atoms with Crippen molar-refractivity contribution in [1.29, 1.82) is 0 Å². The van der Waals surface area contributed by atoms with Crippen molar-refractivity contribution < 1.29 is 14.0 Å². The number of hydrogen-bond acceptors (Lipinski definition) is 4. The Balaban J connectivity index is 2.36. The summed E-state index contributed by atoms with van der Waals surface area (Å²) < 4.78 is 13.1. The van der Waals surface area contributed by atoms with Gasteiger partial charge in [-0.3, -0.25) is 4.79 Å². The smallest absolute Gasteiger partial charge is 0.343 e. The quantitative estimate of drug-likeness (QED) is 0.594. The lowest BCUT2D eigenvalue weighted by Crippen LogP contribution is -2.48. The van der Waals surface area contributed by atoms with E-state index in [0.29, 0.717) is 0 Å². The van der Waals surface area contributed by atoms with Crippen LogP contribution in [-0.4, -0.2) is 32.1 Å². The average Bonchev–Trinajstić information content (AvgIpc) is 2.54. The van der Waals surface area contributed by atoms with E-state index in [1.54, 1.807) is 16.8 Å². The summed E-state index contributed by atoms with van der Waals surface area (Å²) in [6.45, 7) is 11.2. The highest BCUT2D eigenvalue weighted by atomic mass is 28.4. The summed E-state index contributed by atoms with van der Waals surface area (Å²) in [4.78, 5) is 24.6. The highest BCUT2D eigenvalue weighted by Crippen LogP contribution is 2.41.